The van der Waals surface area contributed by atoms with Gasteiger partial charge in [0.1, 0.15) is 13.2 Å². The average molecular weight is 1090 g/mol. The first-order valence-electron chi connectivity index (χ1n) is 33.4. The van der Waals surface area contributed by atoms with E-state index in [0.717, 1.165) is 44.9 Å². The van der Waals surface area contributed by atoms with Crippen molar-refractivity contribution in [1.82, 2.24) is 5.32 Å². The highest BCUT2D eigenvalue weighted by atomic mass is 31.2. The van der Waals surface area contributed by atoms with Gasteiger partial charge < -0.3 is 19.8 Å². The fraction of sp³-hybridized carbons (Fsp3) is 0.896. The predicted molar refractivity (Wildman–Crippen MR) is 332 cm³/mol. The number of aliphatic hydroxyl groups is 1. The molecule has 450 valence electrons. The summed E-state index contributed by atoms with van der Waals surface area (Å²) in [5, 5.41) is 13.9. The van der Waals surface area contributed by atoms with E-state index in [0.29, 0.717) is 17.4 Å². The van der Waals surface area contributed by atoms with E-state index >= 15 is 0 Å². The molecule has 0 aromatic carbocycles. The van der Waals surface area contributed by atoms with Gasteiger partial charge in [0.15, 0.2) is 0 Å². The fourth-order valence-electron chi connectivity index (χ4n) is 10.1. The quantitative estimate of drug-likeness (QED) is 0.0243. The maximum absolute atomic E-state index is 13.0. The van der Waals surface area contributed by atoms with Crippen molar-refractivity contribution in [3.63, 3.8) is 0 Å². The van der Waals surface area contributed by atoms with Gasteiger partial charge in [0.25, 0.3) is 0 Å². The average Bonchev–Trinajstić information content (AvgIpc) is 3.38. The van der Waals surface area contributed by atoms with Crippen molar-refractivity contribution in [2.45, 2.75) is 347 Å². The summed E-state index contributed by atoms with van der Waals surface area (Å²) in [6.07, 6.45) is 77.3. The summed E-state index contributed by atoms with van der Waals surface area (Å²) in [4.78, 5) is 23.3. The Kier molecular flexibility index (Phi) is 57.4. The van der Waals surface area contributed by atoms with E-state index in [1.54, 1.807) is 6.08 Å². The second kappa shape index (κ2) is 58.4. The zero-order valence-corrected chi connectivity index (χ0v) is 52.4. The molecule has 0 fully saturated rings. The number of carbonyl (C=O) groups excluding carboxylic acids is 1. The third-order valence-corrected chi connectivity index (χ3v) is 16.3. The van der Waals surface area contributed by atoms with E-state index in [9.17, 15) is 19.4 Å². The van der Waals surface area contributed by atoms with Crippen LogP contribution in [0.5, 0.6) is 0 Å². The Morgan fingerprint density at radius 2 is 0.724 bits per heavy atom. The van der Waals surface area contributed by atoms with E-state index in [2.05, 4.69) is 43.5 Å². The number of carbonyl (C=O) groups is 1. The van der Waals surface area contributed by atoms with Crippen molar-refractivity contribution < 1.29 is 32.9 Å². The van der Waals surface area contributed by atoms with Crippen LogP contribution < -0.4 is 5.32 Å². The Bertz CT molecular complexity index is 1330. The molecule has 0 rings (SSSR count). The number of unbranched alkanes of at least 4 members (excludes halogenated alkanes) is 45. The summed E-state index contributed by atoms with van der Waals surface area (Å²) in [5.41, 5.74) is 0. The molecule has 0 aliphatic heterocycles. The van der Waals surface area contributed by atoms with Crippen LogP contribution in [0.2, 0.25) is 0 Å². The molecule has 0 radical (unpaired) electrons. The number of phosphoric acid groups is 1. The summed E-state index contributed by atoms with van der Waals surface area (Å²) in [6, 6.07) is -0.868. The normalized spacial score (nSPS) is 13.9. The van der Waals surface area contributed by atoms with E-state index in [1.165, 1.54) is 270 Å². The lowest BCUT2D eigenvalue weighted by Gasteiger charge is -2.25. The number of hydrogen-bond acceptors (Lipinski definition) is 5. The first kappa shape index (κ1) is 74.7. The van der Waals surface area contributed by atoms with Gasteiger partial charge in [-0.05, 0) is 44.9 Å². The second-order valence-electron chi connectivity index (χ2n) is 24.2. The van der Waals surface area contributed by atoms with Crippen LogP contribution in [-0.2, 0) is 18.4 Å². The molecule has 1 amide bonds. The molecule has 0 aliphatic carbocycles. The number of aliphatic hydroxyl groups excluding tert-OH is 1. The van der Waals surface area contributed by atoms with E-state index in [1.807, 2.05) is 27.2 Å². The van der Waals surface area contributed by atoms with Crippen LogP contribution in [0.1, 0.15) is 335 Å². The zero-order chi connectivity index (χ0) is 55.6. The SMILES string of the molecule is CCCCCCCCC/C=C/CC/C=C/CC/C=C/C(O)C(COP(=O)(O)OCC[N+](C)(C)C)NC(=O)CCCCCCCCCCCCCCCCCCCCCCCCCCCCCCCCCCCCCCC. The van der Waals surface area contributed by atoms with Gasteiger partial charge in [0, 0.05) is 6.42 Å². The van der Waals surface area contributed by atoms with Crippen LogP contribution in [0.3, 0.4) is 0 Å². The smallest absolute Gasteiger partial charge is 0.387 e. The molecule has 3 atom stereocenters. The van der Waals surface area contributed by atoms with Gasteiger partial charge in [-0.2, -0.15) is 0 Å². The van der Waals surface area contributed by atoms with Crippen molar-refractivity contribution in [2.24, 2.45) is 0 Å². The van der Waals surface area contributed by atoms with Gasteiger partial charge in [-0.1, -0.05) is 320 Å². The molecule has 0 heterocycles. The Hall–Kier alpha value is -1.28. The lowest BCUT2D eigenvalue weighted by molar-refractivity contribution is -0.870. The Morgan fingerprint density at radius 1 is 0.434 bits per heavy atom. The third kappa shape index (κ3) is 60.4. The first-order valence-corrected chi connectivity index (χ1v) is 34.9. The maximum atomic E-state index is 13.0. The summed E-state index contributed by atoms with van der Waals surface area (Å²) >= 11 is 0. The predicted octanol–water partition coefficient (Wildman–Crippen LogP) is 20.9. The molecule has 76 heavy (non-hydrogen) atoms. The molecule has 3 N–H and O–H groups in total. The number of nitrogens with zero attached hydrogens (tertiary/aromatic N) is 1. The topological polar surface area (TPSA) is 105 Å². The van der Waals surface area contributed by atoms with Gasteiger partial charge in [-0.15, -0.1) is 0 Å². The van der Waals surface area contributed by atoms with Gasteiger partial charge >= 0.3 is 7.82 Å². The highest BCUT2D eigenvalue weighted by molar-refractivity contribution is 7.47. The summed E-state index contributed by atoms with van der Waals surface area (Å²) in [7, 11) is 1.56. The minimum atomic E-state index is -4.36. The van der Waals surface area contributed by atoms with Crippen LogP contribution in [0.25, 0.3) is 0 Å². The van der Waals surface area contributed by atoms with Crippen LogP contribution in [0.4, 0.5) is 0 Å². The van der Waals surface area contributed by atoms with Gasteiger partial charge in [-0.3, -0.25) is 13.8 Å². The van der Waals surface area contributed by atoms with Gasteiger partial charge in [0.05, 0.1) is 39.9 Å². The summed E-state index contributed by atoms with van der Waals surface area (Å²) < 4.78 is 23.7. The highest BCUT2D eigenvalue weighted by Gasteiger charge is 2.28. The summed E-state index contributed by atoms with van der Waals surface area (Å²) in [5.74, 6) is -0.185. The van der Waals surface area contributed by atoms with Crippen molar-refractivity contribution in [2.75, 3.05) is 40.9 Å². The molecule has 0 spiro atoms. The second-order valence-corrected chi connectivity index (χ2v) is 25.6. The standard InChI is InChI=1S/C67H131N2O6P/c1-6-8-10-12-14-16-18-20-22-24-25-26-27-28-29-30-31-32-33-34-35-36-37-38-39-40-41-42-43-45-47-49-51-53-55-57-59-61-67(71)68-65(64-75-76(72,73)74-63-62-69(3,4)5)66(70)60-58-56-54-52-50-48-46-44-23-21-19-17-15-13-11-9-7-2/h23,44,50,52,58,60,65-66,70H,6-22,24-43,45-49,51,53-57,59,61-64H2,1-5H3,(H-,68,71,72,73)/p+1/b44-23+,52-50+,60-58+. The van der Waals surface area contributed by atoms with Crippen LogP contribution in [-0.4, -0.2) is 73.4 Å². The number of likely N-dealkylation sites (N-methyl/N-ethyl adjacent to an activating group) is 1. The molecular weight excluding hydrogens is 960 g/mol. The van der Waals surface area contributed by atoms with Crippen molar-refractivity contribution in [1.29, 1.82) is 0 Å². The lowest BCUT2D eigenvalue weighted by Crippen LogP contribution is -2.45. The number of rotatable bonds is 62. The van der Waals surface area contributed by atoms with E-state index in [-0.39, 0.29) is 19.1 Å². The van der Waals surface area contributed by atoms with Crippen molar-refractivity contribution in [3.8, 4) is 0 Å². The molecule has 9 heteroatoms. The van der Waals surface area contributed by atoms with E-state index < -0.39 is 20.0 Å². The minimum Gasteiger partial charge on any atom is -0.387 e. The monoisotopic (exact) mass is 1090 g/mol. The molecule has 0 aromatic heterocycles. The maximum Gasteiger partial charge on any atom is 0.472 e. The Morgan fingerprint density at radius 3 is 1.05 bits per heavy atom. The molecule has 8 nitrogen and oxygen atoms in total. The largest absolute Gasteiger partial charge is 0.472 e. The number of allylic oxidation sites excluding steroid dienone is 5. The molecule has 0 aliphatic rings. The van der Waals surface area contributed by atoms with E-state index in [4.69, 9.17) is 9.05 Å². The van der Waals surface area contributed by atoms with Crippen molar-refractivity contribution >= 4 is 13.7 Å². The number of nitrogens with one attached hydrogen (secondary N) is 1. The zero-order valence-electron chi connectivity index (χ0n) is 51.5. The number of phosphoric ester groups is 1. The van der Waals surface area contributed by atoms with Gasteiger partial charge in [-0.25, -0.2) is 4.57 Å². The minimum absolute atomic E-state index is 0.0552. The molecule has 0 saturated heterocycles. The molecule has 0 saturated carbocycles. The van der Waals surface area contributed by atoms with Crippen molar-refractivity contribution in [3.05, 3.63) is 36.5 Å². The highest BCUT2D eigenvalue weighted by Crippen LogP contribution is 2.43. The number of quaternary nitrogens is 1. The van der Waals surface area contributed by atoms with Crippen LogP contribution in [0.15, 0.2) is 36.5 Å². The van der Waals surface area contributed by atoms with Gasteiger partial charge in [0.2, 0.25) is 5.91 Å². The molecule has 0 aromatic rings. The Labute approximate surface area is 474 Å². The molecular formula is C67H132N2O6P+. The van der Waals surface area contributed by atoms with Crippen LogP contribution in [0, 0.1) is 0 Å². The first-order chi connectivity index (χ1) is 37.0. The lowest BCUT2D eigenvalue weighted by atomic mass is 10.0. The molecule has 0 bridgehead atoms. The number of amides is 1. The fourth-order valence-corrected chi connectivity index (χ4v) is 10.9. The Balaban J connectivity index is 3.95. The summed E-state index contributed by atoms with van der Waals surface area (Å²) in [6.45, 7) is 4.82. The number of hydrogen-bond donors (Lipinski definition) is 3. The van der Waals surface area contributed by atoms with Crippen LogP contribution >= 0.6 is 7.82 Å². The molecule has 3 unspecified atom stereocenters. The third-order valence-electron chi connectivity index (χ3n) is 15.3.